The molecule has 0 N–H and O–H groups in total. The Morgan fingerprint density at radius 2 is 1.60 bits per heavy atom. The molecule has 6 heteroatoms. The molecule has 0 rings (SSSR count). The standard InChI is InChI=1S/C4H9I3NPSi/c1-10(2,3)8-9-4(5,6)7/h1-3H3. The first-order valence-electron chi connectivity index (χ1n) is 2.71. The Kier molecular flexibility index (Phi) is 5.83. The van der Waals surface area contributed by atoms with Gasteiger partial charge in [-0.2, -0.15) is 0 Å². The average molecular weight is 511 g/mol. The lowest BCUT2D eigenvalue weighted by Gasteiger charge is -2.10. The van der Waals surface area contributed by atoms with Crippen LogP contribution in [0.3, 0.4) is 0 Å². The summed E-state index contributed by atoms with van der Waals surface area (Å²) in [5.41, 5.74) is 0. The van der Waals surface area contributed by atoms with Crippen molar-refractivity contribution in [1.82, 2.24) is 0 Å². The van der Waals surface area contributed by atoms with E-state index in [1.807, 2.05) is 0 Å². The molecule has 0 saturated heterocycles. The summed E-state index contributed by atoms with van der Waals surface area (Å²) >= 11 is 7.22. The fraction of sp³-hybridized carbons (Fsp3) is 1.00. The van der Waals surface area contributed by atoms with E-state index in [1.54, 1.807) is 0 Å². The van der Waals surface area contributed by atoms with Crippen molar-refractivity contribution in [1.29, 1.82) is 0 Å². The Balaban J connectivity index is 4.01. The van der Waals surface area contributed by atoms with E-state index < -0.39 is 8.24 Å². The van der Waals surface area contributed by atoms with Crippen LogP contribution in [0.1, 0.15) is 0 Å². The monoisotopic (exact) mass is 511 g/mol. The highest BCUT2D eigenvalue weighted by Crippen LogP contribution is 2.47. The third kappa shape index (κ3) is 10.5. The van der Waals surface area contributed by atoms with Gasteiger partial charge in [0.05, 0.1) is 0 Å². The molecule has 10 heavy (non-hydrogen) atoms. The molecule has 60 valence electrons. The van der Waals surface area contributed by atoms with Crippen molar-refractivity contribution < 1.29 is 0 Å². The molecule has 0 bridgehead atoms. The van der Waals surface area contributed by atoms with Crippen LogP contribution >= 0.6 is 76.1 Å². The molecule has 0 amide bonds. The summed E-state index contributed by atoms with van der Waals surface area (Å²) in [6.07, 6.45) is 0. The van der Waals surface area contributed by atoms with Crippen LogP contribution < -0.4 is 0 Å². The minimum absolute atomic E-state index is 0.257. The van der Waals surface area contributed by atoms with Gasteiger partial charge in [-0.1, -0.05) is 0 Å². The quantitative estimate of drug-likeness (QED) is 0.218. The second kappa shape index (κ2) is 4.66. The second-order valence-corrected chi connectivity index (χ2v) is 22.5. The average Bonchev–Trinajstić information content (AvgIpc) is 1.57. The van der Waals surface area contributed by atoms with Crippen LogP contribution in [0, 0.1) is 0 Å². The normalized spacial score (nSPS) is 14.6. The van der Waals surface area contributed by atoms with Crippen molar-refractivity contribution in [2.75, 3.05) is 0 Å². The number of halogens is 3. The molecule has 0 atom stereocenters. The SMILES string of the molecule is C[Si](C)(C)N=PC(I)(I)I. The summed E-state index contributed by atoms with van der Waals surface area (Å²) in [6.45, 7) is 6.78. The summed E-state index contributed by atoms with van der Waals surface area (Å²) in [5.74, 6) is 0. The van der Waals surface area contributed by atoms with Crippen LogP contribution in [0.15, 0.2) is 4.41 Å². The van der Waals surface area contributed by atoms with Crippen LogP contribution in [0.5, 0.6) is 0 Å². The van der Waals surface area contributed by atoms with Crippen LogP contribution in [0.4, 0.5) is 0 Å². The molecule has 0 aromatic rings. The van der Waals surface area contributed by atoms with E-state index in [2.05, 4.69) is 91.8 Å². The van der Waals surface area contributed by atoms with Gasteiger partial charge in [0, 0.05) is 8.37 Å². The summed E-state index contributed by atoms with van der Waals surface area (Å²) < 4.78 is 4.87. The first kappa shape index (κ1) is 12.5. The largest absolute Gasteiger partial charge is 0.304 e. The highest BCUT2D eigenvalue weighted by molar-refractivity contribution is 14.3. The third-order valence-electron chi connectivity index (χ3n) is 0.463. The van der Waals surface area contributed by atoms with E-state index >= 15 is 0 Å². The van der Waals surface area contributed by atoms with E-state index in [0.717, 1.165) is 0 Å². The van der Waals surface area contributed by atoms with Crippen molar-refractivity contribution >= 4 is 84.4 Å². The van der Waals surface area contributed by atoms with Gasteiger partial charge in [0.25, 0.3) is 0 Å². The maximum Gasteiger partial charge on any atom is 0.180 e. The van der Waals surface area contributed by atoms with Gasteiger partial charge in [-0.25, -0.2) is 0 Å². The van der Waals surface area contributed by atoms with E-state index in [4.69, 9.17) is 0 Å². The van der Waals surface area contributed by atoms with Gasteiger partial charge in [0.1, 0.15) is 0 Å². The van der Waals surface area contributed by atoms with E-state index in [-0.39, 0.29) is -0.824 Å². The van der Waals surface area contributed by atoms with Crippen molar-refractivity contribution in [3.05, 3.63) is 0 Å². The molecule has 1 nitrogen and oxygen atoms in total. The molecule has 0 unspecified atom stereocenters. The second-order valence-electron chi connectivity index (χ2n) is 2.84. The lowest BCUT2D eigenvalue weighted by atomic mass is 11.8. The minimum atomic E-state index is -1.17. The summed E-state index contributed by atoms with van der Waals surface area (Å²) in [5, 5.41) is 0. The van der Waals surface area contributed by atoms with Crippen molar-refractivity contribution in [3.63, 3.8) is 0 Å². The molecule has 0 aliphatic rings. The maximum absolute atomic E-state index is 4.62. The Hall–Kier alpha value is 2.51. The number of rotatable bonds is 2. The number of alkyl halides is 3. The van der Waals surface area contributed by atoms with Gasteiger partial charge in [-0.05, 0) is 87.4 Å². The number of hydrogen-bond acceptors (Lipinski definition) is 1. The zero-order chi connectivity index (χ0) is 8.41. The van der Waals surface area contributed by atoms with Crippen molar-refractivity contribution in [2.24, 2.45) is 4.41 Å². The molecule has 0 aromatic carbocycles. The Morgan fingerprint density at radius 1 is 1.20 bits per heavy atom. The molecule has 0 spiro atoms. The molecule has 0 radical (unpaired) electrons. The van der Waals surface area contributed by atoms with Crippen LogP contribution in [-0.2, 0) is 0 Å². The van der Waals surface area contributed by atoms with Crippen molar-refractivity contribution in [2.45, 2.75) is 18.8 Å². The first-order chi connectivity index (χ1) is 4.21. The van der Waals surface area contributed by atoms with Crippen molar-refractivity contribution in [3.8, 4) is 0 Å². The Morgan fingerprint density at radius 3 is 1.70 bits per heavy atom. The Bertz CT molecular complexity index is 120. The summed E-state index contributed by atoms with van der Waals surface area (Å²) in [4.78, 5) is 0. The smallest absolute Gasteiger partial charge is 0.180 e. The molecule has 0 aliphatic carbocycles. The molecule has 0 saturated carbocycles. The zero-order valence-electron chi connectivity index (χ0n) is 6.03. The van der Waals surface area contributed by atoms with Crippen LogP contribution in [0.25, 0.3) is 0 Å². The summed E-state index contributed by atoms with van der Waals surface area (Å²) in [6, 6.07) is 0. The number of hydrogen-bond donors (Lipinski definition) is 0. The van der Waals surface area contributed by atoms with Gasteiger partial charge < -0.3 is 4.41 Å². The minimum Gasteiger partial charge on any atom is -0.304 e. The highest BCUT2D eigenvalue weighted by atomic mass is 127. The van der Waals surface area contributed by atoms with Crippen LogP contribution in [-0.4, -0.2) is 7.41 Å². The highest BCUT2D eigenvalue weighted by Gasteiger charge is 2.17. The fourth-order valence-electron chi connectivity index (χ4n) is 0.207. The van der Waals surface area contributed by atoms with E-state index in [1.165, 1.54) is 8.37 Å². The predicted octanol–water partition coefficient (Wildman–Crippen LogP) is 4.87. The van der Waals surface area contributed by atoms with Gasteiger partial charge >= 0.3 is 0 Å². The fourth-order valence-corrected chi connectivity index (χ4v) is 4.77. The molecule has 0 heterocycles. The molecular formula is C4H9I3NPSi. The third-order valence-corrected chi connectivity index (χ3v) is 5.43. The topological polar surface area (TPSA) is 12.4 Å². The molecular weight excluding hydrogens is 502 g/mol. The molecule has 0 fully saturated rings. The van der Waals surface area contributed by atoms with E-state index in [0.29, 0.717) is 0 Å². The van der Waals surface area contributed by atoms with Gasteiger partial charge in [0.2, 0.25) is 0 Å². The van der Waals surface area contributed by atoms with Crippen LogP contribution in [0.2, 0.25) is 19.6 Å². The molecule has 0 aromatic heterocycles. The van der Waals surface area contributed by atoms with Gasteiger partial charge in [-0.3, -0.25) is 0 Å². The van der Waals surface area contributed by atoms with Gasteiger partial charge in [0.15, 0.2) is 7.41 Å². The lowest BCUT2D eigenvalue weighted by molar-refractivity contribution is 1.60. The summed E-state index contributed by atoms with van der Waals surface area (Å²) in [7, 11) is 0.0447. The lowest BCUT2D eigenvalue weighted by Crippen LogP contribution is -2.14. The number of nitrogens with zero attached hydrogens (tertiary/aromatic N) is 1. The van der Waals surface area contributed by atoms with E-state index in [9.17, 15) is 0 Å². The maximum atomic E-state index is 4.62. The Labute approximate surface area is 106 Å². The zero-order valence-corrected chi connectivity index (χ0v) is 14.4. The van der Waals surface area contributed by atoms with Gasteiger partial charge in [-0.15, -0.1) is 0 Å². The first-order valence-corrected chi connectivity index (χ1v) is 10.2. The molecule has 0 aliphatic heterocycles. The predicted molar refractivity (Wildman–Crippen MR) is 77.5 cm³/mol.